The predicted molar refractivity (Wildman–Crippen MR) is 188 cm³/mol. The number of hydrogen-bond acceptors (Lipinski definition) is 10. The number of ketones is 1. The molecule has 2 N–H and O–H groups in total. The van der Waals surface area contributed by atoms with Gasteiger partial charge in [0.1, 0.15) is 18.1 Å². The number of likely N-dealkylation sites (N-methyl/N-ethyl adjacent to an activating group) is 1. The molecule has 0 aromatic heterocycles. The Morgan fingerprint density at radius 1 is 1.08 bits per heavy atom. The largest absolute Gasteiger partial charge is 0.463 e. The van der Waals surface area contributed by atoms with Crippen LogP contribution in [-0.4, -0.2) is 135 Å². The Balaban J connectivity index is 1.89. The highest BCUT2D eigenvalue weighted by Crippen LogP contribution is 2.38. The fourth-order valence-electron chi connectivity index (χ4n) is 7.25. The van der Waals surface area contributed by atoms with Crippen LogP contribution in [0.25, 0.3) is 0 Å². The lowest BCUT2D eigenvalue weighted by Crippen LogP contribution is -2.59. The number of ether oxygens (including phenoxy) is 4. The Kier molecular flexibility index (Phi) is 15.0. The minimum atomic E-state index is -1.53. The number of cyclic esters (lactones) is 1. The summed E-state index contributed by atoms with van der Waals surface area (Å²) in [6.07, 6.45) is -1.15. The molecule has 2 saturated heterocycles. The molecule has 0 radical (unpaired) electrons. The van der Waals surface area contributed by atoms with Crippen molar-refractivity contribution in [1.29, 1.82) is 0 Å². The Hall–Kier alpha value is -2.61. The highest BCUT2D eigenvalue weighted by Gasteiger charge is 2.51. The van der Waals surface area contributed by atoms with Gasteiger partial charge in [-0.15, -0.1) is 0 Å². The zero-order valence-electron chi connectivity index (χ0n) is 31.4. The van der Waals surface area contributed by atoms with Crippen LogP contribution >= 0.6 is 0 Å². The number of rotatable bonds is 6. The number of methoxy groups -OCH3 is 1. The lowest BCUT2D eigenvalue weighted by atomic mass is 9.74. The van der Waals surface area contributed by atoms with Gasteiger partial charge in [-0.05, 0) is 86.1 Å². The van der Waals surface area contributed by atoms with Gasteiger partial charge < -0.3 is 44.1 Å². The summed E-state index contributed by atoms with van der Waals surface area (Å²) in [6, 6.07) is 9.23. The van der Waals surface area contributed by atoms with Crippen LogP contribution in [0.5, 0.6) is 0 Å². The Bertz CT molecular complexity index is 1220. The average molecular weight is 691 g/mol. The van der Waals surface area contributed by atoms with Crippen LogP contribution in [0.3, 0.4) is 0 Å². The van der Waals surface area contributed by atoms with Crippen LogP contribution < -0.4 is 5.32 Å². The van der Waals surface area contributed by atoms with E-state index in [2.05, 4.69) is 17.1 Å². The van der Waals surface area contributed by atoms with Gasteiger partial charge in [0.05, 0.1) is 24.4 Å². The zero-order valence-corrected chi connectivity index (χ0v) is 31.4. The van der Waals surface area contributed by atoms with Gasteiger partial charge in [-0.25, -0.2) is 4.79 Å². The molecule has 8 atom stereocenters. The molecule has 1 aromatic rings. The fraction of sp³-hybridized carbons (Fsp3) is 0.757. The van der Waals surface area contributed by atoms with E-state index >= 15 is 0 Å². The highest BCUT2D eigenvalue weighted by molar-refractivity contribution is 6.04. The molecule has 2 aliphatic heterocycles. The number of amides is 2. The molecule has 0 bridgehead atoms. The van der Waals surface area contributed by atoms with Crippen LogP contribution in [0, 0.1) is 17.3 Å². The van der Waals surface area contributed by atoms with Gasteiger partial charge in [0.2, 0.25) is 0 Å². The summed E-state index contributed by atoms with van der Waals surface area (Å²) in [4.78, 5) is 46.9. The summed E-state index contributed by atoms with van der Waals surface area (Å²) in [5.74, 6) is -1.77. The molecule has 0 saturated carbocycles. The first kappa shape index (κ1) is 40.8. The number of carbonyl (C=O) groups excluding carboxylic acids is 3. The zero-order chi connectivity index (χ0) is 36.5. The molecule has 2 heterocycles. The van der Waals surface area contributed by atoms with Crippen molar-refractivity contribution in [2.24, 2.45) is 17.3 Å². The Labute approximate surface area is 293 Å². The molecule has 1 aromatic carbocycles. The van der Waals surface area contributed by atoms with Crippen molar-refractivity contribution in [3.8, 4) is 0 Å². The minimum Gasteiger partial charge on any atom is -0.463 e. The van der Waals surface area contributed by atoms with Gasteiger partial charge in [0.25, 0.3) is 0 Å². The summed E-state index contributed by atoms with van der Waals surface area (Å²) < 4.78 is 24.7. The van der Waals surface area contributed by atoms with Gasteiger partial charge in [-0.3, -0.25) is 9.59 Å². The second-order valence-electron chi connectivity index (χ2n) is 15.1. The molecule has 0 aliphatic carbocycles. The van der Waals surface area contributed by atoms with E-state index in [1.807, 2.05) is 70.2 Å². The van der Waals surface area contributed by atoms with Crippen molar-refractivity contribution >= 4 is 17.8 Å². The molecule has 278 valence electrons. The normalized spacial score (nSPS) is 33.1. The third-order valence-corrected chi connectivity index (χ3v) is 10.1. The molecule has 3 rings (SSSR count). The van der Waals surface area contributed by atoms with E-state index < -0.39 is 41.4 Å². The van der Waals surface area contributed by atoms with E-state index in [1.54, 1.807) is 32.8 Å². The number of carbonyl (C=O) groups is 3. The third-order valence-electron chi connectivity index (χ3n) is 10.1. The van der Waals surface area contributed by atoms with Crippen molar-refractivity contribution in [3.63, 3.8) is 0 Å². The predicted octanol–water partition coefficient (Wildman–Crippen LogP) is 3.55. The molecule has 2 aliphatic rings. The minimum absolute atomic E-state index is 0.0583. The number of nitrogens with one attached hydrogen (secondary N) is 1. The number of nitrogens with zero attached hydrogens (tertiary/aromatic N) is 3. The lowest BCUT2D eigenvalue weighted by Gasteiger charge is -2.47. The van der Waals surface area contributed by atoms with Crippen LogP contribution in [-0.2, 0) is 35.1 Å². The van der Waals surface area contributed by atoms with Gasteiger partial charge in [-0.1, -0.05) is 44.2 Å². The number of aliphatic hydroxyl groups excluding tert-OH is 1. The summed E-state index contributed by atoms with van der Waals surface area (Å²) in [6.45, 7) is 13.3. The van der Waals surface area contributed by atoms with Crippen molar-refractivity contribution in [2.45, 2.75) is 104 Å². The van der Waals surface area contributed by atoms with Crippen molar-refractivity contribution in [2.75, 3.05) is 61.0 Å². The average Bonchev–Trinajstić information content (AvgIpc) is 3.05. The summed E-state index contributed by atoms with van der Waals surface area (Å²) in [5.41, 5.74) is -1.52. The van der Waals surface area contributed by atoms with Crippen molar-refractivity contribution in [3.05, 3.63) is 35.9 Å². The number of aliphatic hydroxyl groups is 1. The number of hydrogen-bond donors (Lipinski definition) is 2. The maximum Gasteiger partial charge on any atom is 0.319 e. The van der Waals surface area contributed by atoms with Gasteiger partial charge in [0, 0.05) is 38.7 Å². The molecule has 2 amide bonds. The number of urea groups is 1. The molecular weight excluding hydrogens is 628 g/mol. The van der Waals surface area contributed by atoms with E-state index in [1.165, 1.54) is 0 Å². The number of Topliss-reactive ketones (excluding diaryl/α,β-unsaturated/α-hetero) is 1. The monoisotopic (exact) mass is 690 g/mol. The van der Waals surface area contributed by atoms with Crippen molar-refractivity contribution in [1.82, 2.24) is 20.0 Å². The smallest absolute Gasteiger partial charge is 0.319 e. The molecule has 0 spiro atoms. The van der Waals surface area contributed by atoms with Crippen LogP contribution in [0.1, 0.15) is 66.4 Å². The first-order chi connectivity index (χ1) is 23.0. The summed E-state index contributed by atoms with van der Waals surface area (Å²) >= 11 is 0. The topological polar surface area (TPSA) is 130 Å². The summed E-state index contributed by atoms with van der Waals surface area (Å²) in [5, 5.41) is 14.3. The van der Waals surface area contributed by atoms with Gasteiger partial charge in [-0.2, -0.15) is 0 Å². The van der Waals surface area contributed by atoms with Crippen LogP contribution in [0.15, 0.2) is 30.3 Å². The molecule has 0 unspecified atom stereocenters. The molecular formula is C37H62N4O8. The van der Waals surface area contributed by atoms with E-state index in [9.17, 15) is 19.5 Å². The van der Waals surface area contributed by atoms with Gasteiger partial charge >= 0.3 is 12.0 Å². The first-order valence-electron chi connectivity index (χ1n) is 17.7. The maximum atomic E-state index is 14.3. The standard InChI is InChI=1S/C37H62N4O8/c1-25-22-37(6,46-10)32(49-33-30(42)29(39(7)8)21-26(2)48-33)27(3)31(43)36(4,5)34(44)47-20-19-41(18-14-17-40(9)24-25)35(45)38-23-28-15-12-11-13-16-28/h11-13,15-16,25-27,29-30,32-33,42H,14,17-24H2,1-10H3,(H,38,45)/t25-,26-,27+,29+,30-,32-,33+,37-/m1/s1. The lowest BCUT2D eigenvalue weighted by molar-refractivity contribution is -0.295. The molecule has 12 nitrogen and oxygen atoms in total. The Morgan fingerprint density at radius 2 is 1.76 bits per heavy atom. The number of esters is 1. The quantitative estimate of drug-likeness (QED) is 0.338. The van der Waals surface area contributed by atoms with Crippen LogP contribution in [0.2, 0.25) is 0 Å². The highest BCUT2D eigenvalue weighted by atomic mass is 16.7. The SMILES string of the molecule is CO[C@]1(C)C[C@@H](C)CN(C)CCCN(C(=O)NCc2ccccc2)CCOC(=O)C(C)(C)C(=O)[C@H](C)[C@H]1O[C@@H]1O[C@H](C)C[C@H](N(C)C)[C@H]1O. The molecule has 49 heavy (non-hydrogen) atoms. The first-order valence-corrected chi connectivity index (χ1v) is 17.7. The van der Waals surface area contributed by atoms with Gasteiger partial charge in [0.15, 0.2) is 12.1 Å². The molecule has 2 fully saturated rings. The van der Waals surface area contributed by atoms with E-state index in [0.717, 1.165) is 18.7 Å². The second kappa shape index (κ2) is 18.1. The molecule has 12 heteroatoms. The second-order valence-corrected chi connectivity index (χ2v) is 15.1. The van der Waals surface area contributed by atoms with E-state index in [0.29, 0.717) is 32.4 Å². The van der Waals surface area contributed by atoms with Crippen molar-refractivity contribution < 1.29 is 38.4 Å². The van der Waals surface area contributed by atoms with Crippen LogP contribution in [0.4, 0.5) is 4.79 Å². The van der Waals surface area contributed by atoms with E-state index in [4.69, 9.17) is 18.9 Å². The maximum absolute atomic E-state index is 14.3. The number of benzene rings is 1. The van der Waals surface area contributed by atoms with E-state index in [-0.39, 0.29) is 43.0 Å². The fourth-order valence-corrected chi connectivity index (χ4v) is 7.25. The third kappa shape index (κ3) is 10.9. The summed E-state index contributed by atoms with van der Waals surface area (Å²) in [7, 11) is 7.47. The Morgan fingerprint density at radius 3 is 2.39 bits per heavy atom.